The fourth-order valence-corrected chi connectivity index (χ4v) is 2.90. The Bertz CT molecular complexity index is 551. The summed E-state index contributed by atoms with van der Waals surface area (Å²) in [5.74, 6) is 0.626. The number of sulfonamides is 1. The van der Waals surface area contributed by atoms with Crippen LogP contribution in [0.4, 0.5) is 5.69 Å². The lowest BCUT2D eigenvalue weighted by Gasteiger charge is -2.34. The molecule has 1 aliphatic heterocycles. The number of rotatable bonds is 3. The third-order valence-corrected chi connectivity index (χ3v) is 4.27. The second-order valence-electron chi connectivity index (χ2n) is 4.67. The highest BCUT2D eigenvalue weighted by molar-refractivity contribution is 7.89. The van der Waals surface area contributed by atoms with Gasteiger partial charge in [-0.3, -0.25) is 0 Å². The Balaban J connectivity index is 2.41. The maximum Gasteiger partial charge on any atom is 0.240 e. The van der Waals surface area contributed by atoms with Crippen molar-refractivity contribution in [3.8, 4) is 5.75 Å². The minimum absolute atomic E-state index is 0.151. The predicted molar refractivity (Wildman–Crippen MR) is 74.1 cm³/mol. The van der Waals surface area contributed by atoms with Crippen LogP contribution in [-0.2, 0) is 10.0 Å². The first-order chi connectivity index (χ1) is 8.91. The van der Waals surface area contributed by atoms with Crippen molar-refractivity contribution in [1.29, 1.82) is 0 Å². The van der Waals surface area contributed by atoms with Crippen LogP contribution in [0.3, 0.4) is 0 Å². The molecule has 0 spiro atoms. The lowest BCUT2D eigenvalue weighted by Crippen LogP contribution is -2.45. The molecule has 1 aliphatic rings. The van der Waals surface area contributed by atoms with Crippen molar-refractivity contribution >= 4 is 15.7 Å². The first kappa shape index (κ1) is 14.1. The molecule has 1 heterocycles. The van der Waals surface area contributed by atoms with Gasteiger partial charge in [0.15, 0.2) is 0 Å². The highest BCUT2D eigenvalue weighted by Crippen LogP contribution is 2.29. The number of likely N-dealkylation sites (N-methyl/N-ethyl adjacent to an activating group) is 1. The van der Waals surface area contributed by atoms with Crippen molar-refractivity contribution in [3.05, 3.63) is 18.2 Å². The first-order valence-corrected chi connectivity index (χ1v) is 7.61. The van der Waals surface area contributed by atoms with Crippen LogP contribution in [0.2, 0.25) is 0 Å². The van der Waals surface area contributed by atoms with E-state index in [-0.39, 0.29) is 4.90 Å². The number of hydrogen-bond acceptors (Lipinski definition) is 5. The molecule has 0 amide bonds. The van der Waals surface area contributed by atoms with E-state index in [0.29, 0.717) is 11.4 Å². The minimum atomic E-state index is -3.73. The van der Waals surface area contributed by atoms with Crippen LogP contribution < -0.4 is 14.8 Å². The smallest absolute Gasteiger partial charge is 0.240 e. The Labute approximate surface area is 113 Å². The molecule has 1 saturated heterocycles. The van der Waals surface area contributed by atoms with Gasteiger partial charge < -0.3 is 14.5 Å². The Morgan fingerprint density at radius 3 is 2.37 bits per heavy atom. The van der Waals surface area contributed by atoms with Crippen molar-refractivity contribution in [3.63, 3.8) is 0 Å². The van der Waals surface area contributed by atoms with Gasteiger partial charge in [-0.05, 0) is 19.2 Å². The molecule has 0 atom stereocenters. The van der Waals surface area contributed by atoms with E-state index in [1.807, 2.05) is 11.9 Å². The van der Waals surface area contributed by atoms with E-state index in [1.54, 1.807) is 19.2 Å². The topological polar surface area (TPSA) is 75.9 Å². The molecule has 1 fully saturated rings. The summed E-state index contributed by atoms with van der Waals surface area (Å²) in [4.78, 5) is 4.38. The second kappa shape index (κ2) is 5.36. The van der Waals surface area contributed by atoms with Gasteiger partial charge in [-0.15, -0.1) is 0 Å². The van der Waals surface area contributed by atoms with Gasteiger partial charge in [0.25, 0.3) is 0 Å². The maximum atomic E-state index is 11.7. The minimum Gasteiger partial charge on any atom is -0.497 e. The van der Waals surface area contributed by atoms with Crippen LogP contribution >= 0.6 is 0 Å². The van der Waals surface area contributed by atoms with Gasteiger partial charge in [-0.25, -0.2) is 13.6 Å². The molecule has 0 unspecified atom stereocenters. The standard InChI is InChI=1S/C12H19N3O3S/c1-14-5-7-15(8-6-14)11-9-10(18-2)3-4-12(11)19(13,16)17/h3-4,9H,5-8H2,1-2H3,(H2,13,16,17). The summed E-state index contributed by atoms with van der Waals surface area (Å²) in [6.07, 6.45) is 0. The van der Waals surface area contributed by atoms with Crippen LogP contribution in [0.15, 0.2) is 23.1 Å². The van der Waals surface area contributed by atoms with Crippen LogP contribution in [0.1, 0.15) is 0 Å². The maximum absolute atomic E-state index is 11.7. The highest BCUT2D eigenvalue weighted by Gasteiger charge is 2.22. The number of anilines is 1. The number of methoxy groups -OCH3 is 1. The number of nitrogens with zero attached hydrogens (tertiary/aromatic N) is 2. The molecule has 0 aromatic heterocycles. The zero-order chi connectivity index (χ0) is 14.0. The molecule has 0 saturated carbocycles. The fourth-order valence-electron chi connectivity index (χ4n) is 2.16. The van der Waals surface area contributed by atoms with Crippen molar-refractivity contribution in [2.45, 2.75) is 4.90 Å². The molecule has 0 radical (unpaired) electrons. The first-order valence-electron chi connectivity index (χ1n) is 6.06. The van der Waals surface area contributed by atoms with E-state index in [0.717, 1.165) is 26.2 Å². The van der Waals surface area contributed by atoms with Crippen LogP contribution in [-0.4, -0.2) is 53.7 Å². The third-order valence-electron chi connectivity index (χ3n) is 3.32. The Morgan fingerprint density at radius 2 is 1.84 bits per heavy atom. The molecule has 2 rings (SSSR count). The molecule has 106 valence electrons. The molecule has 1 aromatic rings. The van der Waals surface area contributed by atoms with Crippen molar-refractivity contribution in [2.24, 2.45) is 5.14 Å². The van der Waals surface area contributed by atoms with Gasteiger partial charge in [0.05, 0.1) is 12.8 Å². The largest absolute Gasteiger partial charge is 0.497 e. The zero-order valence-electron chi connectivity index (χ0n) is 11.2. The average Bonchev–Trinajstić information content (AvgIpc) is 2.38. The summed E-state index contributed by atoms with van der Waals surface area (Å²) < 4.78 is 28.5. The molecule has 1 aromatic carbocycles. The van der Waals surface area contributed by atoms with E-state index in [9.17, 15) is 8.42 Å². The monoisotopic (exact) mass is 285 g/mol. The van der Waals surface area contributed by atoms with Crippen molar-refractivity contribution in [2.75, 3.05) is 45.2 Å². The van der Waals surface area contributed by atoms with E-state index in [4.69, 9.17) is 9.88 Å². The van der Waals surface area contributed by atoms with Gasteiger partial charge in [0, 0.05) is 32.2 Å². The molecule has 19 heavy (non-hydrogen) atoms. The van der Waals surface area contributed by atoms with E-state index < -0.39 is 10.0 Å². The van der Waals surface area contributed by atoms with Crippen molar-refractivity contribution < 1.29 is 13.2 Å². The number of benzene rings is 1. The SMILES string of the molecule is COc1ccc(S(N)(=O)=O)c(N2CCN(C)CC2)c1. The van der Waals surface area contributed by atoms with Crippen LogP contribution in [0, 0.1) is 0 Å². The van der Waals surface area contributed by atoms with E-state index in [1.165, 1.54) is 6.07 Å². The zero-order valence-corrected chi connectivity index (χ0v) is 12.0. The highest BCUT2D eigenvalue weighted by atomic mass is 32.2. The molecular formula is C12H19N3O3S. The summed E-state index contributed by atoms with van der Waals surface area (Å²) >= 11 is 0. The quantitative estimate of drug-likeness (QED) is 0.852. The summed E-state index contributed by atoms with van der Waals surface area (Å²) in [7, 11) is -0.132. The van der Waals surface area contributed by atoms with Gasteiger partial charge in [0.1, 0.15) is 10.6 Å². The molecule has 0 bridgehead atoms. The van der Waals surface area contributed by atoms with Gasteiger partial charge in [-0.2, -0.15) is 0 Å². The summed E-state index contributed by atoms with van der Waals surface area (Å²) in [5, 5.41) is 5.28. The number of ether oxygens (including phenoxy) is 1. The average molecular weight is 285 g/mol. The summed E-state index contributed by atoms with van der Waals surface area (Å²) in [6.45, 7) is 3.32. The predicted octanol–water partition coefficient (Wildman–Crippen LogP) is 0.0944. The van der Waals surface area contributed by atoms with Gasteiger partial charge in [0.2, 0.25) is 10.0 Å². The molecule has 0 aliphatic carbocycles. The normalized spacial score (nSPS) is 17.5. The number of nitrogens with two attached hydrogens (primary N) is 1. The lowest BCUT2D eigenvalue weighted by molar-refractivity contribution is 0.312. The van der Waals surface area contributed by atoms with Gasteiger partial charge in [-0.1, -0.05) is 0 Å². The fraction of sp³-hybridized carbons (Fsp3) is 0.500. The molecule has 7 heteroatoms. The summed E-state index contributed by atoms with van der Waals surface area (Å²) in [6, 6.07) is 4.84. The Morgan fingerprint density at radius 1 is 1.21 bits per heavy atom. The molecular weight excluding hydrogens is 266 g/mol. The third kappa shape index (κ3) is 3.17. The van der Waals surface area contributed by atoms with Crippen molar-refractivity contribution in [1.82, 2.24) is 4.90 Å². The number of hydrogen-bond donors (Lipinski definition) is 1. The summed E-state index contributed by atoms with van der Waals surface area (Å²) in [5.41, 5.74) is 0.620. The Hall–Kier alpha value is -1.31. The second-order valence-corrected chi connectivity index (χ2v) is 6.20. The molecule has 2 N–H and O–H groups in total. The van der Waals surface area contributed by atoms with Crippen LogP contribution in [0.5, 0.6) is 5.75 Å². The molecule has 6 nitrogen and oxygen atoms in total. The van der Waals surface area contributed by atoms with Gasteiger partial charge >= 0.3 is 0 Å². The number of piperazine rings is 1. The lowest BCUT2D eigenvalue weighted by atomic mass is 10.2. The van der Waals surface area contributed by atoms with E-state index >= 15 is 0 Å². The Kier molecular flexibility index (Phi) is 3.98. The number of primary sulfonamides is 1. The van der Waals surface area contributed by atoms with Crippen LogP contribution in [0.25, 0.3) is 0 Å². The van der Waals surface area contributed by atoms with E-state index in [2.05, 4.69) is 4.90 Å².